The Balaban J connectivity index is 3.59. The second kappa shape index (κ2) is 24.5. The quantitative estimate of drug-likeness (QED) is 0.102. The summed E-state index contributed by atoms with van der Waals surface area (Å²) in [5, 5.41) is 0. The molecule has 0 atom stereocenters. The van der Waals surface area contributed by atoms with Crippen molar-refractivity contribution in [1.82, 2.24) is 4.90 Å². The minimum Gasteiger partial charge on any atom is -0.356 e. The third-order valence-electron chi connectivity index (χ3n) is 5.90. The van der Waals surface area contributed by atoms with Crippen molar-refractivity contribution in [2.24, 2.45) is 0 Å². The van der Waals surface area contributed by atoms with E-state index in [0.29, 0.717) is 4.32 Å². The van der Waals surface area contributed by atoms with E-state index in [1.807, 2.05) is 0 Å². The lowest BCUT2D eigenvalue weighted by Crippen LogP contribution is -2.29. The Kier molecular flexibility index (Phi) is 24.6. The molecule has 0 aliphatic carbocycles. The maximum absolute atomic E-state index is 9.36. The molecule has 0 aliphatic heterocycles. The molecule has 1 N–H and O–H groups in total. The zero-order valence-corrected chi connectivity index (χ0v) is 21.4. The summed E-state index contributed by atoms with van der Waals surface area (Å²) < 4.78 is 10.0. The van der Waals surface area contributed by atoms with Crippen molar-refractivity contribution < 1.29 is 4.55 Å². The van der Waals surface area contributed by atoms with Crippen LogP contribution in [0.15, 0.2) is 0 Å². The van der Waals surface area contributed by atoms with Crippen LogP contribution in [0.1, 0.15) is 142 Å². The van der Waals surface area contributed by atoms with Crippen LogP contribution in [0.25, 0.3) is 0 Å². The van der Waals surface area contributed by atoms with Crippen molar-refractivity contribution in [1.29, 1.82) is 0 Å². The fraction of sp³-hybridized carbons (Fsp3) is 0.960. The first-order valence-electron chi connectivity index (χ1n) is 12.9. The van der Waals surface area contributed by atoms with E-state index >= 15 is 0 Å². The van der Waals surface area contributed by atoms with Gasteiger partial charge in [-0.15, -0.1) is 0 Å². The summed E-state index contributed by atoms with van der Waals surface area (Å²) in [5.74, 6) is 0. The molecule has 0 aliphatic rings. The SMILES string of the molecule is CCCCCCCCCCCCN(CCCCCCCCCCCC)C(=S)SO. The molecule has 0 aromatic rings. The van der Waals surface area contributed by atoms with E-state index in [1.54, 1.807) is 0 Å². The second-order valence-corrected chi connectivity index (χ2v) is 9.92. The van der Waals surface area contributed by atoms with Crippen LogP contribution in [0.5, 0.6) is 0 Å². The highest BCUT2D eigenvalue weighted by Gasteiger charge is 2.09. The molecule has 0 aromatic heterocycles. The first kappa shape index (κ1) is 29.2. The molecule has 2 nitrogen and oxygen atoms in total. The van der Waals surface area contributed by atoms with Gasteiger partial charge in [-0.3, -0.25) is 0 Å². The van der Waals surface area contributed by atoms with Crippen molar-refractivity contribution in [3.63, 3.8) is 0 Å². The van der Waals surface area contributed by atoms with Crippen LogP contribution in [0.3, 0.4) is 0 Å². The number of nitrogens with zero attached hydrogens (tertiary/aromatic N) is 1. The first-order chi connectivity index (χ1) is 14.3. The van der Waals surface area contributed by atoms with Gasteiger partial charge in [0.05, 0.1) is 12.0 Å². The maximum atomic E-state index is 9.36. The van der Waals surface area contributed by atoms with Gasteiger partial charge in [-0.25, -0.2) is 0 Å². The number of hydrogen-bond acceptors (Lipinski definition) is 3. The molecule has 0 fully saturated rings. The molecular weight excluding hydrogens is 394 g/mol. The summed E-state index contributed by atoms with van der Waals surface area (Å²) >= 11 is 6.11. The fourth-order valence-corrected chi connectivity index (χ4v) is 4.41. The number of thiocarbonyl (C=S) groups is 1. The van der Waals surface area contributed by atoms with Crippen molar-refractivity contribution >= 4 is 28.6 Å². The summed E-state index contributed by atoms with van der Waals surface area (Å²) in [5.41, 5.74) is 0. The van der Waals surface area contributed by atoms with Gasteiger partial charge in [-0.1, -0.05) is 142 Å². The van der Waals surface area contributed by atoms with Crippen molar-refractivity contribution in [2.75, 3.05) is 13.1 Å². The zero-order chi connectivity index (χ0) is 21.4. The summed E-state index contributed by atoms with van der Waals surface area (Å²) in [7, 11) is 0. The van der Waals surface area contributed by atoms with Gasteiger partial charge in [-0.2, -0.15) is 0 Å². The number of hydrogen-bond donors (Lipinski definition) is 1. The molecule has 0 saturated heterocycles. The van der Waals surface area contributed by atoms with Gasteiger partial charge in [0.25, 0.3) is 0 Å². The van der Waals surface area contributed by atoms with Crippen molar-refractivity contribution in [2.45, 2.75) is 142 Å². The van der Waals surface area contributed by atoms with E-state index in [9.17, 15) is 4.55 Å². The molecule has 0 saturated carbocycles. The standard InChI is InChI=1S/C25H51NOS2/c1-3-5-7-9-11-13-15-17-19-21-23-26(25(28)29-27)24-22-20-18-16-14-12-10-8-6-4-2/h27H,3-24H2,1-2H3. The predicted octanol–water partition coefficient (Wildman–Crippen LogP) is 9.62. The maximum Gasteiger partial charge on any atom is 0.163 e. The second-order valence-electron chi connectivity index (χ2n) is 8.71. The van der Waals surface area contributed by atoms with E-state index in [1.165, 1.54) is 128 Å². The minimum absolute atomic E-state index is 0.664. The molecule has 29 heavy (non-hydrogen) atoms. The van der Waals surface area contributed by atoms with Crippen LogP contribution < -0.4 is 0 Å². The Labute approximate surface area is 193 Å². The molecule has 0 bridgehead atoms. The normalized spacial score (nSPS) is 11.1. The van der Waals surface area contributed by atoms with Crippen molar-refractivity contribution in [3.8, 4) is 0 Å². The Morgan fingerprint density at radius 1 is 0.552 bits per heavy atom. The average molecular weight is 446 g/mol. The monoisotopic (exact) mass is 445 g/mol. The Bertz CT molecular complexity index is 315. The lowest BCUT2D eigenvalue weighted by Gasteiger charge is -2.23. The summed E-state index contributed by atoms with van der Waals surface area (Å²) in [6.07, 6.45) is 27.2. The average Bonchev–Trinajstić information content (AvgIpc) is 2.74. The highest BCUT2D eigenvalue weighted by atomic mass is 32.2. The van der Waals surface area contributed by atoms with Crippen LogP contribution in [0, 0.1) is 0 Å². The van der Waals surface area contributed by atoms with Crippen LogP contribution in [-0.2, 0) is 0 Å². The molecule has 174 valence electrons. The van der Waals surface area contributed by atoms with E-state index in [-0.39, 0.29) is 0 Å². The van der Waals surface area contributed by atoms with Gasteiger partial charge in [0.1, 0.15) is 0 Å². The Morgan fingerprint density at radius 2 is 0.828 bits per heavy atom. The lowest BCUT2D eigenvalue weighted by atomic mass is 10.1. The zero-order valence-electron chi connectivity index (χ0n) is 19.8. The molecule has 0 unspecified atom stereocenters. The minimum atomic E-state index is 0.664. The predicted molar refractivity (Wildman–Crippen MR) is 138 cm³/mol. The van der Waals surface area contributed by atoms with E-state index in [0.717, 1.165) is 25.1 Å². The molecule has 4 heteroatoms. The molecule has 0 rings (SSSR count). The molecule has 0 aromatic carbocycles. The van der Waals surface area contributed by atoms with Crippen LogP contribution in [0.2, 0.25) is 0 Å². The smallest absolute Gasteiger partial charge is 0.163 e. The van der Waals surface area contributed by atoms with E-state index in [2.05, 4.69) is 18.7 Å². The number of unbranched alkanes of at least 4 members (excludes halogenated alkanes) is 18. The fourth-order valence-electron chi connectivity index (χ4n) is 3.93. The highest BCUT2D eigenvalue weighted by Crippen LogP contribution is 2.14. The summed E-state index contributed by atoms with van der Waals surface area (Å²) in [6, 6.07) is 0. The van der Waals surface area contributed by atoms with Gasteiger partial charge in [0.2, 0.25) is 0 Å². The van der Waals surface area contributed by atoms with Crippen LogP contribution in [-0.4, -0.2) is 26.9 Å². The number of rotatable bonds is 22. The van der Waals surface area contributed by atoms with Gasteiger partial charge >= 0.3 is 0 Å². The summed E-state index contributed by atoms with van der Waals surface area (Å²) in [4.78, 5) is 2.23. The molecule has 0 heterocycles. The lowest BCUT2D eigenvalue weighted by molar-refractivity contribution is 0.393. The molecule has 0 amide bonds. The Morgan fingerprint density at radius 3 is 1.10 bits per heavy atom. The van der Waals surface area contributed by atoms with Gasteiger partial charge in [-0.05, 0) is 12.8 Å². The van der Waals surface area contributed by atoms with Crippen LogP contribution >= 0.6 is 24.3 Å². The third kappa shape index (κ3) is 21.2. The van der Waals surface area contributed by atoms with Gasteiger partial charge < -0.3 is 9.45 Å². The summed E-state index contributed by atoms with van der Waals surface area (Å²) in [6.45, 7) is 6.59. The first-order valence-corrected chi connectivity index (χ1v) is 14.0. The molecular formula is C25H51NOS2. The molecule has 0 spiro atoms. The van der Waals surface area contributed by atoms with Crippen molar-refractivity contribution in [3.05, 3.63) is 0 Å². The largest absolute Gasteiger partial charge is 0.356 e. The highest BCUT2D eigenvalue weighted by molar-refractivity contribution is 8.19. The van der Waals surface area contributed by atoms with Crippen LogP contribution in [0.4, 0.5) is 0 Å². The van der Waals surface area contributed by atoms with Gasteiger partial charge in [0.15, 0.2) is 4.32 Å². The van der Waals surface area contributed by atoms with E-state index < -0.39 is 0 Å². The van der Waals surface area contributed by atoms with E-state index in [4.69, 9.17) is 12.2 Å². The molecule has 0 radical (unpaired) electrons. The topological polar surface area (TPSA) is 23.5 Å². The van der Waals surface area contributed by atoms with Gasteiger partial charge in [0, 0.05) is 13.1 Å². The third-order valence-corrected chi connectivity index (χ3v) is 6.80. The Hall–Kier alpha value is 0.200.